The molecule has 0 aromatic heterocycles. The minimum Gasteiger partial charge on any atom is -0.282 e. The molecule has 0 aromatic carbocycles. The normalized spacial score (nSPS) is 20.3. The fraction of sp³-hybridized carbons (Fsp3) is 0.833. The number of hydrogen-bond donors (Lipinski definition) is 0. The molecule has 1 aliphatic rings. The van der Waals surface area contributed by atoms with Crippen molar-refractivity contribution < 1.29 is 9.59 Å². The number of rotatable bonds is 5. The monoisotopic (exact) mass is 289 g/mol. The first-order chi connectivity index (χ1) is 7.58. The second-order valence-corrected chi connectivity index (χ2v) is 5.37. The number of carbonyl (C=O) groups excluding carboxylic acids is 2. The SMILES string of the molecule is CCCC(CBr)CN1C(=O)CC(C)CC1=O. The molecule has 1 unspecified atom stereocenters. The summed E-state index contributed by atoms with van der Waals surface area (Å²) < 4.78 is 0. The fourth-order valence-electron chi connectivity index (χ4n) is 2.12. The maximum atomic E-state index is 11.8. The summed E-state index contributed by atoms with van der Waals surface area (Å²) in [5.41, 5.74) is 0. The van der Waals surface area contributed by atoms with E-state index in [1.165, 1.54) is 4.90 Å². The topological polar surface area (TPSA) is 37.4 Å². The molecule has 3 nitrogen and oxygen atoms in total. The van der Waals surface area contributed by atoms with Gasteiger partial charge in [0.2, 0.25) is 11.8 Å². The Bertz CT molecular complexity index is 250. The van der Waals surface area contributed by atoms with Gasteiger partial charge in [0.05, 0.1) is 0 Å². The standard InChI is InChI=1S/C12H20BrNO2/c1-3-4-10(7-13)8-14-11(15)5-9(2)6-12(14)16/h9-10H,3-8H2,1-2H3. The minimum atomic E-state index is 0.00537. The zero-order chi connectivity index (χ0) is 12.1. The maximum absolute atomic E-state index is 11.8. The number of nitrogens with zero attached hydrogens (tertiary/aromatic N) is 1. The Morgan fingerprint density at radius 1 is 1.38 bits per heavy atom. The van der Waals surface area contributed by atoms with Crippen LogP contribution in [0.3, 0.4) is 0 Å². The molecule has 1 heterocycles. The Morgan fingerprint density at radius 3 is 2.38 bits per heavy atom. The molecular formula is C12H20BrNO2. The van der Waals surface area contributed by atoms with Gasteiger partial charge >= 0.3 is 0 Å². The lowest BCUT2D eigenvalue weighted by Crippen LogP contribution is -2.45. The predicted molar refractivity (Wildman–Crippen MR) is 67.3 cm³/mol. The summed E-state index contributed by atoms with van der Waals surface area (Å²) in [7, 11) is 0. The van der Waals surface area contributed by atoms with Gasteiger partial charge in [-0.3, -0.25) is 14.5 Å². The van der Waals surface area contributed by atoms with Crippen molar-refractivity contribution in [2.75, 3.05) is 11.9 Å². The molecule has 92 valence electrons. The first-order valence-corrected chi connectivity index (χ1v) is 7.09. The van der Waals surface area contributed by atoms with Gasteiger partial charge in [0, 0.05) is 24.7 Å². The van der Waals surface area contributed by atoms with Crippen molar-refractivity contribution in [1.29, 1.82) is 0 Å². The highest BCUT2D eigenvalue weighted by molar-refractivity contribution is 9.09. The zero-order valence-electron chi connectivity index (χ0n) is 10.0. The van der Waals surface area contributed by atoms with E-state index in [2.05, 4.69) is 22.9 Å². The highest BCUT2D eigenvalue weighted by atomic mass is 79.9. The van der Waals surface area contributed by atoms with Crippen molar-refractivity contribution in [3.63, 3.8) is 0 Å². The molecule has 0 N–H and O–H groups in total. The lowest BCUT2D eigenvalue weighted by atomic mass is 9.96. The number of piperidine rings is 1. The fourth-order valence-corrected chi connectivity index (χ4v) is 2.64. The molecule has 4 heteroatoms. The Labute approximate surface area is 106 Å². The quantitative estimate of drug-likeness (QED) is 0.576. The van der Waals surface area contributed by atoms with Gasteiger partial charge in [-0.1, -0.05) is 36.2 Å². The molecular weight excluding hydrogens is 270 g/mol. The first kappa shape index (κ1) is 13.7. The van der Waals surface area contributed by atoms with E-state index in [1.807, 2.05) is 6.92 Å². The van der Waals surface area contributed by atoms with Crippen LogP contribution in [0.15, 0.2) is 0 Å². The number of halogens is 1. The summed E-state index contributed by atoms with van der Waals surface area (Å²) in [5.74, 6) is 0.618. The summed E-state index contributed by atoms with van der Waals surface area (Å²) in [5, 5.41) is 0.855. The third-order valence-electron chi connectivity index (χ3n) is 3.00. The lowest BCUT2D eigenvalue weighted by molar-refractivity contribution is -0.150. The highest BCUT2D eigenvalue weighted by Crippen LogP contribution is 2.21. The van der Waals surface area contributed by atoms with Crippen molar-refractivity contribution >= 4 is 27.7 Å². The number of imide groups is 1. The first-order valence-electron chi connectivity index (χ1n) is 5.97. The van der Waals surface area contributed by atoms with E-state index in [4.69, 9.17) is 0 Å². The van der Waals surface area contributed by atoms with Crippen LogP contribution in [-0.4, -0.2) is 28.6 Å². The van der Waals surface area contributed by atoms with Crippen molar-refractivity contribution in [1.82, 2.24) is 4.90 Å². The molecule has 0 saturated carbocycles. The number of hydrogen-bond acceptors (Lipinski definition) is 2. The van der Waals surface area contributed by atoms with Crippen LogP contribution >= 0.6 is 15.9 Å². The molecule has 16 heavy (non-hydrogen) atoms. The lowest BCUT2D eigenvalue weighted by Gasteiger charge is -2.30. The number of likely N-dealkylation sites (tertiary alicyclic amines) is 1. The molecule has 0 aliphatic carbocycles. The van der Waals surface area contributed by atoms with E-state index < -0.39 is 0 Å². The summed E-state index contributed by atoms with van der Waals surface area (Å²) in [6, 6.07) is 0. The van der Waals surface area contributed by atoms with E-state index in [0.29, 0.717) is 25.3 Å². The average Bonchev–Trinajstić information content (AvgIpc) is 2.21. The largest absolute Gasteiger partial charge is 0.282 e. The molecule has 1 rings (SSSR count). The predicted octanol–water partition coefficient (Wildman–Crippen LogP) is 2.58. The van der Waals surface area contributed by atoms with E-state index in [-0.39, 0.29) is 17.7 Å². The molecule has 1 aliphatic heterocycles. The van der Waals surface area contributed by atoms with Crippen LogP contribution < -0.4 is 0 Å². The van der Waals surface area contributed by atoms with Gasteiger partial charge in [0.1, 0.15) is 0 Å². The smallest absolute Gasteiger partial charge is 0.229 e. The second kappa shape index (κ2) is 6.38. The third kappa shape index (κ3) is 3.58. The molecule has 2 amide bonds. The molecule has 1 saturated heterocycles. The van der Waals surface area contributed by atoms with Crippen molar-refractivity contribution in [3.8, 4) is 0 Å². The highest BCUT2D eigenvalue weighted by Gasteiger charge is 2.31. The van der Waals surface area contributed by atoms with Crippen molar-refractivity contribution in [2.24, 2.45) is 11.8 Å². The van der Waals surface area contributed by atoms with Gasteiger partial charge in [-0.05, 0) is 18.3 Å². The van der Waals surface area contributed by atoms with Gasteiger partial charge in [0.15, 0.2) is 0 Å². The van der Waals surface area contributed by atoms with E-state index in [9.17, 15) is 9.59 Å². The van der Waals surface area contributed by atoms with E-state index in [0.717, 1.165) is 18.2 Å². The summed E-state index contributed by atoms with van der Waals surface area (Å²) in [4.78, 5) is 25.0. The molecule has 1 fully saturated rings. The molecule has 0 bridgehead atoms. The molecule has 0 aromatic rings. The van der Waals surface area contributed by atoms with E-state index >= 15 is 0 Å². The van der Waals surface area contributed by atoms with Crippen LogP contribution in [0.5, 0.6) is 0 Å². The molecule has 0 spiro atoms. The average molecular weight is 290 g/mol. The summed E-state index contributed by atoms with van der Waals surface area (Å²) in [6.07, 6.45) is 3.18. The van der Waals surface area contributed by atoms with Gasteiger partial charge in [-0.2, -0.15) is 0 Å². The van der Waals surface area contributed by atoms with Crippen molar-refractivity contribution in [3.05, 3.63) is 0 Å². The summed E-state index contributed by atoms with van der Waals surface area (Å²) >= 11 is 3.45. The Morgan fingerprint density at radius 2 is 1.94 bits per heavy atom. The van der Waals surface area contributed by atoms with Gasteiger partial charge < -0.3 is 0 Å². The summed E-state index contributed by atoms with van der Waals surface area (Å²) in [6.45, 7) is 4.67. The number of alkyl halides is 1. The van der Waals surface area contributed by atoms with Crippen LogP contribution in [0, 0.1) is 11.8 Å². The van der Waals surface area contributed by atoms with Gasteiger partial charge in [-0.15, -0.1) is 0 Å². The van der Waals surface area contributed by atoms with E-state index in [1.54, 1.807) is 0 Å². The van der Waals surface area contributed by atoms with Gasteiger partial charge in [0.25, 0.3) is 0 Å². The molecule has 1 atom stereocenters. The Hall–Kier alpha value is -0.380. The van der Waals surface area contributed by atoms with Crippen LogP contribution in [0.4, 0.5) is 0 Å². The van der Waals surface area contributed by atoms with Crippen LogP contribution in [0.2, 0.25) is 0 Å². The second-order valence-electron chi connectivity index (χ2n) is 4.72. The minimum absolute atomic E-state index is 0.00537. The third-order valence-corrected chi connectivity index (χ3v) is 3.92. The van der Waals surface area contributed by atoms with Crippen molar-refractivity contribution in [2.45, 2.75) is 39.5 Å². The molecule has 0 radical (unpaired) electrons. The maximum Gasteiger partial charge on any atom is 0.229 e. The zero-order valence-corrected chi connectivity index (χ0v) is 11.6. The number of carbonyl (C=O) groups is 2. The number of amides is 2. The van der Waals surface area contributed by atoms with Crippen LogP contribution in [0.1, 0.15) is 39.5 Å². The van der Waals surface area contributed by atoms with Gasteiger partial charge in [-0.25, -0.2) is 0 Å². The Kier molecular flexibility index (Phi) is 5.46. The van der Waals surface area contributed by atoms with Crippen LogP contribution in [-0.2, 0) is 9.59 Å². The van der Waals surface area contributed by atoms with Crippen LogP contribution in [0.25, 0.3) is 0 Å². The Balaban J connectivity index is 2.57.